The third-order valence-electron chi connectivity index (χ3n) is 7.43. The van der Waals surface area contributed by atoms with E-state index in [9.17, 15) is 18.0 Å². The van der Waals surface area contributed by atoms with E-state index in [0.29, 0.717) is 25.6 Å². The van der Waals surface area contributed by atoms with Gasteiger partial charge in [-0.3, -0.25) is 14.5 Å². The first kappa shape index (κ1) is 24.2. The second-order valence-corrected chi connectivity index (χ2v) is 11.7. The Hall–Kier alpha value is -1.97. The summed E-state index contributed by atoms with van der Waals surface area (Å²) in [6.07, 6.45) is 7.03. The number of hydrogen-bond donors (Lipinski definition) is 0. The van der Waals surface area contributed by atoms with E-state index in [-0.39, 0.29) is 29.3 Å². The van der Waals surface area contributed by atoms with Gasteiger partial charge in [-0.25, -0.2) is 8.42 Å². The van der Waals surface area contributed by atoms with Crippen LogP contribution in [-0.2, 0) is 26.0 Å². The molecular weight excluding hydrogens is 440 g/mol. The van der Waals surface area contributed by atoms with Crippen LogP contribution >= 0.6 is 0 Å². The summed E-state index contributed by atoms with van der Waals surface area (Å²) in [4.78, 5) is 31.0. The average molecular weight is 477 g/mol. The summed E-state index contributed by atoms with van der Waals surface area (Å²) >= 11 is 0. The van der Waals surface area contributed by atoms with Gasteiger partial charge in [0.25, 0.3) is 0 Å². The predicted octanol–water partition coefficient (Wildman–Crippen LogP) is 2.08. The normalized spacial score (nSPS) is 22.6. The first-order valence-corrected chi connectivity index (χ1v) is 13.5. The SMILES string of the molecule is CC(=O)N1c2ccc(S(=O)(=O)N(C)CC(=O)N3CCN(C4CCCCC4)CC3)cc2C[C@@H]1C. The molecule has 1 saturated carbocycles. The molecule has 0 bridgehead atoms. The van der Waals surface area contributed by atoms with E-state index < -0.39 is 10.0 Å². The standard InChI is InChI=1S/C24H36N4O4S/c1-18-15-20-16-22(9-10-23(20)28(18)19(2)29)33(31,32)25(3)17-24(30)27-13-11-26(12-14-27)21-7-5-4-6-8-21/h9-10,16,18,21H,4-8,11-15,17H2,1-3H3/t18-/m0/s1. The number of piperazine rings is 1. The Morgan fingerprint density at radius 3 is 2.36 bits per heavy atom. The highest BCUT2D eigenvalue weighted by Crippen LogP contribution is 2.34. The summed E-state index contributed by atoms with van der Waals surface area (Å²) in [5.74, 6) is -0.204. The van der Waals surface area contributed by atoms with E-state index in [1.807, 2.05) is 6.92 Å². The van der Waals surface area contributed by atoms with Crippen LogP contribution in [0.5, 0.6) is 0 Å². The largest absolute Gasteiger partial charge is 0.339 e. The zero-order chi connectivity index (χ0) is 23.8. The fraction of sp³-hybridized carbons (Fsp3) is 0.667. The Bertz CT molecular complexity index is 998. The number of fused-ring (bicyclic) bond motifs is 1. The number of carbonyl (C=O) groups is 2. The van der Waals surface area contributed by atoms with Crippen molar-refractivity contribution in [3.05, 3.63) is 23.8 Å². The van der Waals surface area contributed by atoms with Gasteiger partial charge in [-0.05, 0) is 49.9 Å². The molecule has 2 aliphatic heterocycles. The van der Waals surface area contributed by atoms with Crippen molar-refractivity contribution in [2.75, 3.05) is 44.7 Å². The highest BCUT2D eigenvalue weighted by Gasteiger charge is 2.33. The van der Waals surface area contributed by atoms with Crippen LogP contribution in [0.25, 0.3) is 0 Å². The van der Waals surface area contributed by atoms with Crippen LogP contribution < -0.4 is 4.90 Å². The lowest BCUT2D eigenvalue weighted by molar-refractivity contribution is -0.133. The maximum Gasteiger partial charge on any atom is 0.243 e. The molecule has 1 saturated heterocycles. The zero-order valence-corrected chi connectivity index (χ0v) is 20.8. The highest BCUT2D eigenvalue weighted by atomic mass is 32.2. The lowest BCUT2D eigenvalue weighted by atomic mass is 9.94. The molecule has 0 radical (unpaired) electrons. The van der Waals surface area contributed by atoms with Crippen LogP contribution in [0.1, 0.15) is 51.5 Å². The predicted molar refractivity (Wildman–Crippen MR) is 128 cm³/mol. The van der Waals surface area contributed by atoms with E-state index in [1.165, 1.54) is 52.1 Å². The van der Waals surface area contributed by atoms with Crippen molar-refractivity contribution in [1.29, 1.82) is 0 Å². The highest BCUT2D eigenvalue weighted by molar-refractivity contribution is 7.89. The quantitative estimate of drug-likeness (QED) is 0.650. The van der Waals surface area contributed by atoms with Crippen LogP contribution in [0.2, 0.25) is 0 Å². The third-order valence-corrected chi connectivity index (χ3v) is 9.23. The zero-order valence-electron chi connectivity index (χ0n) is 20.0. The lowest BCUT2D eigenvalue weighted by Gasteiger charge is -2.41. The summed E-state index contributed by atoms with van der Waals surface area (Å²) in [5.41, 5.74) is 1.61. The Morgan fingerprint density at radius 2 is 1.73 bits per heavy atom. The summed E-state index contributed by atoms with van der Waals surface area (Å²) in [5, 5.41) is 0. The number of sulfonamides is 1. The first-order valence-electron chi connectivity index (χ1n) is 12.1. The molecule has 4 rings (SSSR count). The molecular formula is C24H36N4O4S. The van der Waals surface area contributed by atoms with Crippen molar-refractivity contribution in [2.45, 2.75) is 69.4 Å². The monoisotopic (exact) mass is 476 g/mol. The van der Waals surface area contributed by atoms with Gasteiger partial charge in [0.05, 0.1) is 11.4 Å². The van der Waals surface area contributed by atoms with E-state index in [0.717, 1.165) is 28.6 Å². The van der Waals surface area contributed by atoms with Gasteiger partial charge in [-0.2, -0.15) is 4.31 Å². The maximum absolute atomic E-state index is 13.2. The van der Waals surface area contributed by atoms with E-state index >= 15 is 0 Å². The number of rotatable bonds is 5. The van der Waals surface area contributed by atoms with Gasteiger partial charge in [-0.15, -0.1) is 0 Å². The number of carbonyl (C=O) groups excluding carboxylic acids is 2. The van der Waals surface area contributed by atoms with Gasteiger partial charge >= 0.3 is 0 Å². The van der Waals surface area contributed by atoms with Crippen LogP contribution in [0, 0.1) is 0 Å². The summed E-state index contributed by atoms with van der Waals surface area (Å²) in [6, 6.07) is 5.52. The van der Waals surface area contributed by atoms with Crippen molar-refractivity contribution in [2.24, 2.45) is 0 Å². The van der Waals surface area contributed by atoms with Crippen molar-refractivity contribution in [1.82, 2.24) is 14.1 Å². The van der Waals surface area contributed by atoms with Gasteiger partial charge < -0.3 is 9.80 Å². The Morgan fingerprint density at radius 1 is 1.06 bits per heavy atom. The molecule has 1 aromatic carbocycles. The number of amides is 2. The molecule has 8 nitrogen and oxygen atoms in total. The van der Waals surface area contributed by atoms with Gasteiger partial charge in [-0.1, -0.05) is 19.3 Å². The van der Waals surface area contributed by atoms with Gasteiger partial charge in [0.1, 0.15) is 0 Å². The van der Waals surface area contributed by atoms with Crippen molar-refractivity contribution >= 4 is 27.5 Å². The maximum atomic E-state index is 13.2. The Labute approximate surface area is 197 Å². The molecule has 2 amide bonds. The number of benzene rings is 1. The molecule has 182 valence electrons. The molecule has 0 N–H and O–H groups in total. The minimum Gasteiger partial charge on any atom is -0.339 e. The van der Waals surface area contributed by atoms with Gasteiger partial charge in [0.2, 0.25) is 21.8 Å². The molecule has 2 heterocycles. The fourth-order valence-corrected chi connectivity index (χ4v) is 6.76. The molecule has 1 atom stereocenters. The van der Waals surface area contributed by atoms with E-state index in [4.69, 9.17) is 0 Å². The lowest BCUT2D eigenvalue weighted by Crippen LogP contribution is -2.54. The first-order chi connectivity index (χ1) is 15.7. The van der Waals surface area contributed by atoms with Crippen molar-refractivity contribution < 1.29 is 18.0 Å². The number of hydrogen-bond acceptors (Lipinski definition) is 5. The second-order valence-electron chi connectivity index (χ2n) is 9.70. The van der Waals surface area contributed by atoms with E-state index in [2.05, 4.69) is 4.90 Å². The van der Waals surface area contributed by atoms with Crippen molar-refractivity contribution in [3.63, 3.8) is 0 Å². The molecule has 1 aromatic rings. The Kier molecular flexibility index (Phi) is 7.12. The minimum absolute atomic E-state index is 0.00189. The fourth-order valence-electron chi connectivity index (χ4n) is 5.59. The minimum atomic E-state index is -3.81. The smallest absolute Gasteiger partial charge is 0.243 e. The molecule has 9 heteroatoms. The second kappa shape index (κ2) is 9.72. The van der Waals surface area contributed by atoms with Crippen LogP contribution in [0.4, 0.5) is 5.69 Å². The van der Waals surface area contributed by atoms with Gasteiger partial charge in [0, 0.05) is 57.9 Å². The van der Waals surface area contributed by atoms with Crippen LogP contribution in [0.3, 0.4) is 0 Å². The number of anilines is 1. The third kappa shape index (κ3) is 4.95. The molecule has 3 aliphatic rings. The number of nitrogens with zero attached hydrogens (tertiary/aromatic N) is 4. The average Bonchev–Trinajstić information content (AvgIpc) is 3.14. The molecule has 1 aliphatic carbocycles. The molecule has 0 aromatic heterocycles. The topological polar surface area (TPSA) is 81.2 Å². The van der Waals surface area contributed by atoms with Crippen molar-refractivity contribution in [3.8, 4) is 0 Å². The van der Waals surface area contributed by atoms with Crippen LogP contribution in [-0.4, -0.2) is 86.2 Å². The summed E-state index contributed by atoms with van der Waals surface area (Å²) in [7, 11) is -2.34. The molecule has 0 unspecified atom stereocenters. The number of likely N-dealkylation sites (N-methyl/N-ethyl adjacent to an activating group) is 1. The summed E-state index contributed by atoms with van der Waals surface area (Å²) < 4.78 is 27.5. The Balaban J connectivity index is 1.37. The molecule has 33 heavy (non-hydrogen) atoms. The van der Waals surface area contributed by atoms with E-state index in [1.54, 1.807) is 21.9 Å². The summed E-state index contributed by atoms with van der Waals surface area (Å²) in [6.45, 7) is 6.34. The van der Waals surface area contributed by atoms with Gasteiger partial charge in [0.15, 0.2) is 0 Å². The molecule has 0 spiro atoms. The van der Waals surface area contributed by atoms with Crippen LogP contribution in [0.15, 0.2) is 23.1 Å². The molecule has 2 fully saturated rings.